The minimum absolute atomic E-state index is 0.0533. The number of amides is 1. The van der Waals surface area contributed by atoms with Crippen LogP contribution in [-0.4, -0.2) is 34.8 Å². The van der Waals surface area contributed by atoms with E-state index < -0.39 is 15.8 Å². The number of hydrogen-bond acceptors (Lipinski definition) is 5. The molecule has 1 amide bonds. The highest BCUT2D eigenvalue weighted by molar-refractivity contribution is 9.10. The van der Waals surface area contributed by atoms with Crippen molar-refractivity contribution >= 4 is 37.5 Å². The maximum absolute atomic E-state index is 14.4. The summed E-state index contributed by atoms with van der Waals surface area (Å²) in [7, 11) is -0.660. The molecule has 0 saturated heterocycles. The molecule has 0 aliphatic rings. The van der Waals surface area contributed by atoms with Gasteiger partial charge in [0.05, 0.1) is 32.7 Å². The van der Waals surface area contributed by atoms with Gasteiger partial charge in [0, 0.05) is 16.6 Å². The van der Waals surface area contributed by atoms with Crippen LogP contribution >= 0.6 is 15.9 Å². The molecule has 0 atom stereocenters. The van der Waals surface area contributed by atoms with E-state index in [1.807, 2.05) is 6.07 Å². The summed E-state index contributed by atoms with van der Waals surface area (Å²) in [4.78, 5) is 12.6. The third kappa shape index (κ3) is 6.27. The summed E-state index contributed by atoms with van der Waals surface area (Å²) >= 11 is 3.17. The lowest BCUT2D eigenvalue weighted by Gasteiger charge is -2.23. The van der Waals surface area contributed by atoms with Crippen LogP contribution in [0.25, 0.3) is 0 Å². The summed E-state index contributed by atoms with van der Waals surface area (Å²) in [5, 5.41) is 2.83. The Hall–Kier alpha value is -3.11. The van der Waals surface area contributed by atoms with Gasteiger partial charge >= 0.3 is 0 Å². The molecular formula is C24H24BrFN2O5S. The van der Waals surface area contributed by atoms with Gasteiger partial charge in [-0.1, -0.05) is 34.1 Å². The van der Waals surface area contributed by atoms with Crippen LogP contribution in [0.4, 0.5) is 10.1 Å². The fraction of sp³-hybridized carbons (Fsp3) is 0.208. The summed E-state index contributed by atoms with van der Waals surface area (Å²) in [6, 6.07) is 16.0. The minimum atomic E-state index is -3.75. The minimum Gasteiger partial charge on any atom is -0.493 e. The number of sulfonamides is 1. The van der Waals surface area contributed by atoms with Crippen molar-refractivity contribution < 1.29 is 27.1 Å². The Labute approximate surface area is 206 Å². The number of benzene rings is 3. The lowest BCUT2D eigenvalue weighted by atomic mass is 10.1. The van der Waals surface area contributed by atoms with Gasteiger partial charge in [-0.3, -0.25) is 9.10 Å². The first-order valence-corrected chi connectivity index (χ1v) is 12.8. The number of carbonyl (C=O) groups excluding carboxylic acids is 1. The molecule has 180 valence electrons. The lowest BCUT2D eigenvalue weighted by molar-refractivity contribution is 0.0951. The standard InChI is InChI=1S/C24H24BrFN2O5S/c1-32-22-11-6-17(12-23(22)33-2)14-27-24(29)18-7-4-16(5-8-18)15-28(34(3,30)31)21-10-9-19(25)13-20(21)26/h4-13H,14-15H2,1-3H3,(H,27,29). The van der Waals surface area contributed by atoms with Crippen LogP contribution in [0.1, 0.15) is 21.5 Å². The number of rotatable bonds is 9. The van der Waals surface area contributed by atoms with Crippen molar-refractivity contribution in [2.75, 3.05) is 24.8 Å². The van der Waals surface area contributed by atoms with Crippen molar-refractivity contribution in [2.24, 2.45) is 0 Å². The third-order valence-electron chi connectivity index (χ3n) is 5.02. The van der Waals surface area contributed by atoms with E-state index in [9.17, 15) is 17.6 Å². The molecule has 0 saturated carbocycles. The Morgan fingerprint density at radius 3 is 2.21 bits per heavy atom. The summed E-state index contributed by atoms with van der Waals surface area (Å²) < 4.78 is 51.0. The number of halogens is 2. The van der Waals surface area contributed by atoms with Crippen LogP contribution in [0.3, 0.4) is 0 Å². The molecule has 7 nitrogen and oxygen atoms in total. The molecule has 3 aromatic rings. The Kier molecular flexibility index (Phi) is 8.16. The van der Waals surface area contributed by atoms with Crippen molar-refractivity contribution in [1.29, 1.82) is 0 Å². The summed E-state index contributed by atoms with van der Waals surface area (Å²) in [5.41, 5.74) is 1.79. The average Bonchev–Trinajstić information content (AvgIpc) is 2.81. The molecule has 0 aromatic heterocycles. The van der Waals surface area contributed by atoms with Gasteiger partial charge in [0.1, 0.15) is 5.82 Å². The molecule has 0 spiro atoms. The Balaban J connectivity index is 1.70. The predicted octanol–water partition coefficient (Wildman–Crippen LogP) is 4.50. The maximum atomic E-state index is 14.4. The second-order valence-electron chi connectivity index (χ2n) is 7.43. The molecule has 3 rings (SSSR count). The fourth-order valence-electron chi connectivity index (χ4n) is 3.27. The number of hydrogen-bond donors (Lipinski definition) is 1. The molecular weight excluding hydrogens is 527 g/mol. The average molecular weight is 551 g/mol. The van der Waals surface area contributed by atoms with Crippen LogP contribution in [0.5, 0.6) is 11.5 Å². The Morgan fingerprint density at radius 2 is 1.62 bits per heavy atom. The van der Waals surface area contributed by atoms with Crippen molar-refractivity contribution in [2.45, 2.75) is 13.1 Å². The summed E-state index contributed by atoms with van der Waals surface area (Å²) in [5.74, 6) is 0.210. The zero-order valence-electron chi connectivity index (χ0n) is 18.8. The highest BCUT2D eigenvalue weighted by Crippen LogP contribution is 2.28. The van der Waals surface area contributed by atoms with Crippen LogP contribution in [0, 0.1) is 5.82 Å². The number of carbonyl (C=O) groups is 1. The molecule has 0 fully saturated rings. The number of methoxy groups -OCH3 is 2. The zero-order chi connectivity index (χ0) is 24.9. The lowest BCUT2D eigenvalue weighted by Crippen LogP contribution is -2.30. The van der Waals surface area contributed by atoms with Crippen LogP contribution in [-0.2, 0) is 23.1 Å². The second-order valence-corrected chi connectivity index (χ2v) is 10.3. The summed E-state index contributed by atoms with van der Waals surface area (Å²) in [6.07, 6.45) is 1.02. The molecule has 0 aliphatic carbocycles. The highest BCUT2D eigenvalue weighted by atomic mass is 79.9. The highest BCUT2D eigenvalue weighted by Gasteiger charge is 2.21. The Morgan fingerprint density at radius 1 is 0.971 bits per heavy atom. The van der Waals surface area contributed by atoms with E-state index in [1.54, 1.807) is 49.6 Å². The molecule has 34 heavy (non-hydrogen) atoms. The Bertz CT molecular complexity index is 1280. The van der Waals surface area contributed by atoms with Crippen molar-refractivity contribution in [3.63, 3.8) is 0 Å². The van der Waals surface area contributed by atoms with E-state index in [-0.39, 0.29) is 24.7 Å². The number of nitrogens with one attached hydrogen (secondary N) is 1. The first-order chi connectivity index (χ1) is 16.1. The van der Waals surface area contributed by atoms with Gasteiger partial charge in [-0.2, -0.15) is 0 Å². The van der Waals surface area contributed by atoms with Gasteiger partial charge in [0.15, 0.2) is 11.5 Å². The molecule has 10 heteroatoms. The van der Waals surface area contributed by atoms with Gasteiger partial charge < -0.3 is 14.8 Å². The van der Waals surface area contributed by atoms with Gasteiger partial charge in [-0.25, -0.2) is 12.8 Å². The second kappa shape index (κ2) is 10.9. The van der Waals surface area contributed by atoms with Crippen molar-refractivity contribution in [3.8, 4) is 11.5 Å². The number of ether oxygens (including phenoxy) is 2. The summed E-state index contributed by atoms with van der Waals surface area (Å²) in [6.45, 7) is 0.205. The smallest absolute Gasteiger partial charge is 0.251 e. The van der Waals surface area contributed by atoms with Crippen LogP contribution in [0.2, 0.25) is 0 Å². The largest absolute Gasteiger partial charge is 0.493 e. The van der Waals surface area contributed by atoms with E-state index in [0.29, 0.717) is 27.1 Å². The van der Waals surface area contributed by atoms with Gasteiger partial charge in [-0.05, 0) is 53.6 Å². The van der Waals surface area contributed by atoms with Crippen LogP contribution < -0.4 is 19.1 Å². The predicted molar refractivity (Wildman–Crippen MR) is 132 cm³/mol. The molecule has 0 unspecified atom stereocenters. The topological polar surface area (TPSA) is 84.9 Å². The van der Waals surface area contributed by atoms with E-state index in [2.05, 4.69) is 21.2 Å². The molecule has 0 bridgehead atoms. The SMILES string of the molecule is COc1ccc(CNC(=O)c2ccc(CN(c3ccc(Br)cc3F)S(C)(=O)=O)cc2)cc1OC. The number of nitrogens with zero attached hydrogens (tertiary/aromatic N) is 1. The van der Waals surface area contributed by atoms with E-state index in [1.165, 1.54) is 19.2 Å². The monoisotopic (exact) mass is 550 g/mol. The van der Waals surface area contributed by atoms with E-state index >= 15 is 0 Å². The van der Waals surface area contributed by atoms with Crippen LogP contribution in [0.15, 0.2) is 65.1 Å². The molecule has 3 aromatic carbocycles. The van der Waals surface area contributed by atoms with Gasteiger partial charge in [0.25, 0.3) is 5.91 Å². The molecule has 0 heterocycles. The van der Waals surface area contributed by atoms with E-state index in [0.717, 1.165) is 16.1 Å². The van der Waals surface area contributed by atoms with Crippen molar-refractivity contribution in [1.82, 2.24) is 5.32 Å². The first-order valence-electron chi connectivity index (χ1n) is 10.1. The van der Waals surface area contributed by atoms with E-state index in [4.69, 9.17) is 9.47 Å². The van der Waals surface area contributed by atoms with Gasteiger partial charge in [0.2, 0.25) is 10.0 Å². The molecule has 0 aliphatic heterocycles. The fourth-order valence-corrected chi connectivity index (χ4v) is 4.49. The third-order valence-corrected chi connectivity index (χ3v) is 6.64. The van der Waals surface area contributed by atoms with Crippen molar-refractivity contribution in [3.05, 3.63) is 87.6 Å². The maximum Gasteiger partial charge on any atom is 0.251 e. The molecule has 1 N–H and O–H groups in total. The quantitative estimate of drug-likeness (QED) is 0.424. The molecule has 0 radical (unpaired) electrons. The first kappa shape index (κ1) is 25.5. The normalized spacial score (nSPS) is 11.1. The number of anilines is 1. The zero-order valence-corrected chi connectivity index (χ0v) is 21.2. The van der Waals surface area contributed by atoms with Gasteiger partial charge in [-0.15, -0.1) is 0 Å².